The standard InChI is InChI=1S/C40H39ClN2O6S2.K/c1-39(2)34(42(24-50(44,45)46)32-20-16-26-10-5-7-14-30(26)36(32)39)22-18-28-12-9-13-29(38(28)41)19-23-35-40(3,4)37-31-15-8-6-11-27(31)17-21-33(37)43(35)25-51(47,48)49;/h5-8,10-11,14-23H,9,12-13,24-25H2,1-4H3,(H-,44,45,46,47,48,49);/q;+1. The molecule has 0 saturated heterocycles. The fraction of sp³-hybridized carbons (Fsp3) is 0.275. The Bertz CT molecular complexity index is 2530. The van der Waals surface area contributed by atoms with E-state index < -0.39 is 42.8 Å². The predicted molar refractivity (Wildman–Crippen MR) is 204 cm³/mol. The number of hydrogen-bond acceptors (Lipinski definition) is 6. The molecule has 0 spiro atoms. The number of rotatable bonds is 7. The monoisotopic (exact) mass is 781 g/mol. The van der Waals surface area contributed by atoms with E-state index in [-0.39, 0.29) is 51.4 Å². The number of hydrogen-bond donors (Lipinski definition) is 1. The number of halogens is 1. The van der Waals surface area contributed by atoms with Gasteiger partial charge >= 0.3 is 51.4 Å². The summed E-state index contributed by atoms with van der Waals surface area (Å²) in [6.45, 7) is 8.17. The molecule has 0 saturated carbocycles. The Morgan fingerprint density at radius 2 is 1.44 bits per heavy atom. The first-order chi connectivity index (χ1) is 24.0. The summed E-state index contributed by atoms with van der Waals surface area (Å²) in [5.74, 6) is -1.28. The summed E-state index contributed by atoms with van der Waals surface area (Å²) in [5, 5.41) is 4.64. The molecule has 2 aliphatic heterocycles. The number of fused-ring (bicyclic) bond motifs is 6. The van der Waals surface area contributed by atoms with Crippen LogP contribution < -0.4 is 56.3 Å². The van der Waals surface area contributed by atoms with E-state index in [1.165, 1.54) is 0 Å². The Morgan fingerprint density at radius 1 is 0.827 bits per heavy atom. The third kappa shape index (κ3) is 7.22. The van der Waals surface area contributed by atoms with Crippen molar-refractivity contribution in [3.05, 3.63) is 130 Å². The third-order valence-corrected chi connectivity index (χ3v) is 12.1. The van der Waals surface area contributed by atoms with Gasteiger partial charge in [0.2, 0.25) is 11.6 Å². The van der Waals surface area contributed by atoms with Crippen LogP contribution in [0, 0.1) is 0 Å². The minimum Gasteiger partial charge on any atom is -0.743 e. The minimum absolute atomic E-state index is 0. The number of anilines is 1. The van der Waals surface area contributed by atoms with Crippen molar-refractivity contribution in [1.82, 2.24) is 0 Å². The van der Waals surface area contributed by atoms with Crippen molar-refractivity contribution in [3.63, 3.8) is 0 Å². The fourth-order valence-electron chi connectivity index (χ4n) is 8.24. The van der Waals surface area contributed by atoms with Crippen LogP contribution in [-0.2, 0) is 31.1 Å². The van der Waals surface area contributed by atoms with Gasteiger partial charge in [0.25, 0.3) is 10.1 Å². The molecule has 2 heterocycles. The number of benzene rings is 4. The zero-order chi connectivity index (χ0) is 36.5. The van der Waals surface area contributed by atoms with Crippen molar-refractivity contribution < 1.29 is 81.9 Å². The predicted octanol–water partition coefficient (Wildman–Crippen LogP) is 5.56. The first kappa shape index (κ1) is 39.3. The van der Waals surface area contributed by atoms with Crippen LogP contribution in [0.4, 0.5) is 11.4 Å². The van der Waals surface area contributed by atoms with Gasteiger partial charge < -0.3 is 9.45 Å². The molecular weight excluding hydrogens is 743 g/mol. The largest absolute Gasteiger partial charge is 1.00 e. The minimum atomic E-state index is -4.61. The average Bonchev–Trinajstić information content (AvgIpc) is 3.40. The summed E-state index contributed by atoms with van der Waals surface area (Å²) in [6, 6.07) is 23.6. The Labute approximate surface area is 353 Å². The number of allylic oxidation sites excluding steroid dienone is 8. The van der Waals surface area contributed by atoms with E-state index in [9.17, 15) is 25.9 Å². The third-order valence-electron chi connectivity index (χ3n) is 10.4. The molecule has 0 amide bonds. The van der Waals surface area contributed by atoms with E-state index in [1.807, 2.05) is 111 Å². The van der Waals surface area contributed by atoms with Crippen molar-refractivity contribution in [3.8, 4) is 0 Å². The number of nitrogens with zero attached hydrogens (tertiary/aromatic N) is 2. The van der Waals surface area contributed by atoms with Crippen LogP contribution in [0.15, 0.2) is 119 Å². The molecule has 52 heavy (non-hydrogen) atoms. The molecule has 3 aliphatic rings. The maximum absolute atomic E-state index is 12.3. The molecule has 12 heteroatoms. The van der Waals surface area contributed by atoms with Crippen LogP contribution in [0.2, 0.25) is 0 Å². The molecule has 0 radical (unpaired) electrons. The van der Waals surface area contributed by atoms with Crippen molar-refractivity contribution >= 4 is 70.5 Å². The maximum atomic E-state index is 12.3. The Hall–Kier alpha value is -2.42. The van der Waals surface area contributed by atoms with Gasteiger partial charge in [-0.25, -0.2) is 8.42 Å². The molecule has 264 valence electrons. The smallest absolute Gasteiger partial charge is 0.743 e. The van der Waals surface area contributed by atoms with Gasteiger partial charge in [0, 0.05) is 39.5 Å². The van der Waals surface area contributed by atoms with Gasteiger partial charge in [0.1, 0.15) is 0 Å². The summed E-state index contributed by atoms with van der Waals surface area (Å²) in [6.07, 6.45) is 9.86. The second-order valence-electron chi connectivity index (χ2n) is 14.5. The second-order valence-corrected chi connectivity index (χ2v) is 17.7. The molecule has 0 bridgehead atoms. The van der Waals surface area contributed by atoms with Crippen molar-refractivity contribution in [2.24, 2.45) is 0 Å². The summed E-state index contributed by atoms with van der Waals surface area (Å²) in [7, 11) is -8.98. The van der Waals surface area contributed by atoms with E-state index in [0.29, 0.717) is 35.0 Å². The summed E-state index contributed by atoms with van der Waals surface area (Å²) >= 11 is 7.09. The van der Waals surface area contributed by atoms with Gasteiger partial charge in [0.05, 0.1) is 5.41 Å². The SMILES string of the molecule is CC1(C)C(/C=C/C2=C(Cl)C(=C/C=C3/N(CS(=O)(=O)O)c4ccc5ccccc5c4C3(C)C)/CCC2)=[N+](CS(=O)(=O)[O-])c2ccc3ccccc3c21.[K+]. The summed E-state index contributed by atoms with van der Waals surface area (Å²) in [4.78, 5) is 1.66. The van der Waals surface area contributed by atoms with Crippen LogP contribution in [-0.4, -0.2) is 48.0 Å². The van der Waals surface area contributed by atoms with Gasteiger partial charge in [-0.05, 0) is 89.6 Å². The van der Waals surface area contributed by atoms with Gasteiger partial charge in [-0.2, -0.15) is 13.0 Å². The normalized spacial score (nSPS) is 20.0. The molecule has 1 aliphatic carbocycles. The molecule has 4 aromatic carbocycles. The van der Waals surface area contributed by atoms with E-state index in [1.54, 1.807) is 9.48 Å². The molecular formula is C40H39ClKN2O6S2+. The first-order valence-corrected chi connectivity index (χ1v) is 20.4. The van der Waals surface area contributed by atoms with Gasteiger partial charge in [-0.3, -0.25) is 4.55 Å². The Balaban J connectivity index is 0.00000464. The molecule has 8 nitrogen and oxygen atoms in total. The molecule has 7 rings (SSSR count). The van der Waals surface area contributed by atoms with Gasteiger partial charge in [-0.15, -0.1) is 0 Å². The zero-order valence-corrected chi connectivity index (χ0v) is 35.4. The molecule has 1 N–H and O–H groups in total. The molecule has 0 aromatic heterocycles. The van der Waals surface area contributed by atoms with Gasteiger partial charge in [-0.1, -0.05) is 92.2 Å². The summed E-state index contributed by atoms with van der Waals surface area (Å²) in [5.41, 5.74) is 5.29. The van der Waals surface area contributed by atoms with E-state index in [2.05, 4.69) is 13.8 Å². The van der Waals surface area contributed by atoms with Crippen LogP contribution in [0.25, 0.3) is 21.5 Å². The molecule has 0 unspecified atom stereocenters. The van der Waals surface area contributed by atoms with E-state index in [4.69, 9.17) is 11.6 Å². The molecule has 4 aromatic rings. The van der Waals surface area contributed by atoms with Gasteiger partial charge in [0.15, 0.2) is 21.7 Å². The molecule has 0 fully saturated rings. The van der Waals surface area contributed by atoms with Crippen LogP contribution in [0.1, 0.15) is 58.1 Å². The van der Waals surface area contributed by atoms with Crippen molar-refractivity contribution in [1.29, 1.82) is 0 Å². The quantitative estimate of drug-likeness (QED) is 0.148. The zero-order valence-electron chi connectivity index (χ0n) is 29.9. The van der Waals surface area contributed by atoms with Crippen molar-refractivity contribution in [2.75, 3.05) is 16.7 Å². The molecule has 0 atom stereocenters. The van der Waals surface area contributed by atoms with E-state index in [0.717, 1.165) is 55.9 Å². The topological polar surface area (TPSA) is 118 Å². The summed E-state index contributed by atoms with van der Waals surface area (Å²) < 4.78 is 72.6. The maximum Gasteiger partial charge on any atom is 1.00 e. The fourth-order valence-corrected chi connectivity index (χ4v) is 9.75. The van der Waals surface area contributed by atoms with Crippen LogP contribution in [0.3, 0.4) is 0 Å². The van der Waals surface area contributed by atoms with Crippen molar-refractivity contribution in [2.45, 2.75) is 57.8 Å². The van der Waals surface area contributed by atoms with E-state index >= 15 is 0 Å². The first-order valence-electron chi connectivity index (χ1n) is 16.8. The average molecular weight is 782 g/mol. The Kier molecular flexibility index (Phi) is 10.8. The Morgan fingerprint density at radius 3 is 2.08 bits per heavy atom. The van der Waals surface area contributed by atoms with Crippen LogP contribution >= 0.6 is 11.6 Å². The van der Waals surface area contributed by atoms with Crippen LogP contribution in [0.5, 0.6) is 0 Å². The second kappa shape index (κ2) is 14.3.